The number of nitrogens with zero attached hydrogens (tertiary/aromatic N) is 1. The average Bonchev–Trinajstić information content (AvgIpc) is 2.58. The number of sulfonamides is 1. The Morgan fingerprint density at radius 2 is 1.90 bits per heavy atom. The van der Waals surface area contributed by atoms with Gasteiger partial charge >= 0.3 is 0 Å². The highest BCUT2D eigenvalue weighted by Crippen LogP contribution is 2.25. The van der Waals surface area contributed by atoms with Crippen molar-refractivity contribution in [3.63, 3.8) is 0 Å². The molecule has 0 saturated heterocycles. The standard InChI is InChI=1S/C21H36N4O3S.HI/c1-5-22-20(23-13-14-29(26,27)25-15-17-9-8-10-17)24-16-18-11-6-7-12-19(18)28-21(2,3)4;/h6-7,11-12,17,25H,5,8-10,13-16H2,1-4H3,(H2,22,23,24);1H. The molecule has 1 saturated carbocycles. The third kappa shape index (κ3) is 10.3. The van der Waals surface area contributed by atoms with Gasteiger partial charge in [-0.1, -0.05) is 24.6 Å². The maximum Gasteiger partial charge on any atom is 0.213 e. The number of nitrogens with one attached hydrogen (secondary N) is 3. The maximum absolute atomic E-state index is 12.1. The molecule has 0 atom stereocenters. The van der Waals surface area contributed by atoms with E-state index < -0.39 is 10.0 Å². The fraction of sp³-hybridized carbons (Fsp3) is 0.667. The lowest BCUT2D eigenvalue weighted by Crippen LogP contribution is -2.42. The van der Waals surface area contributed by atoms with Crippen molar-refractivity contribution >= 4 is 40.0 Å². The minimum absolute atomic E-state index is 0. The Morgan fingerprint density at radius 3 is 2.50 bits per heavy atom. The topological polar surface area (TPSA) is 91.8 Å². The predicted molar refractivity (Wildman–Crippen MR) is 134 cm³/mol. The van der Waals surface area contributed by atoms with Crippen molar-refractivity contribution in [2.75, 3.05) is 25.4 Å². The lowest BCUT2D eigenvalue weighted by Gasteiger charge is -2.25. The van der Waals surface area contributed by atoms with E-state index in [4.69, 9.17) is 4.74 Å². The van der Waals surface area contributed by atoms with E-state index in [1.807, 2.05) is 52.0 Å². The van der Waals surface area contributed by atoms with Crippen LogP contribution in [-0.4, -0.2) is 45.4 Å². The lowest BCUT2D eigenvalue weighted by atomic mass is 9.86. The molecule has 1 aliphatic rings. The molecule has 0 radical (unpaired) electrons. The molecule has 0 aliphatic heterocycles. The number of hydrogen-bond donors (Lipinski definition) is 3. The van der Waals surface area contributed by atoms with E-state index in [0.717, 1.165) is 24.2 Å². The third-order valence-electron chi connectivity index (χ3n) is 4.62. The van der Waals surface area contributed by atoms with Gasteiger partial charge in [-0.15, -0.1) is 24.0 Å². The van der Waals surface area contributed by atoms with Crippen LogP contribution in [0.25, 0.3) is 0 Å². The Hall–Kier alpha value is -1.07. The molecule has 0 bridgehead atoms. The zero-order valence-corrected chi connectivity index (χ0v) is 21.7. The molecule has 30 heavy (non-hydrogen) atoms. The van der Waals surface area contributed by atoms with E-state index in [1.54, 1.807) is 0 Å². The smallest absolute Gasteiger partial charge is 0.213 e. The molecule has 0 aromatic heterocycles. The van der Waals surface area contributed by atoms with Gasteiger partial charge in [0.1, 0.15) is 11.4 Å². The zero-order valence-electron chi connectivity index (χ0n) is 18.5. The largest absolute Gasteiger partial charge is 0.488 e. The number of ether oxygens (including phenoxy) is 1. The molecule has 9 heteroatoms. The fourth-order valence-corrected chi connectivity index (χ4v) is 3.89. The van der Waals surface area contributed by atoms with Crippen LogP contribution in [0.1, 0.15) is 52.5 Å². The Labute approximate surface area is 198 Å². The molecule has 0 amide bonds. The van der Waals surface area contributed by atoms with E-state index in [-0.39, 0.29) is 35.3 Å². The average molecular weight is 553 g/mol. The van der Waals surface area contributed by atoms with E-state index in [9.17, 15) is 8.42 Å². The molecule has 1 fully saturated rings. The maximum atomic E-state index is 12.1. The molecule has 3 N–H and O–H groups in total. The van der Waals surface area contributed by atoms with Crippen LogP contribution >= 0.6 is 24.0 Å². The number of hydrogen-bond acceptors (Lipinski definition) is 4. The summed E-state index contributed by atoms with van der Waals surface area (Å²) in [5, 5.41) is 6.27. The summed E-state index contributed by atoms with van der Waals surface area (Å²) in [6.45, 7) is 10.00. The minimum atomic E-state index is -3.27. The van der Waals surface area contributed by atoms with Gasteiger partial charge in [-0.2, -0.15) is 0 Å². The number of benzene rings is 1. The Balaban J connectivity index is 0.00000450. The molecule has 0 spiro atoms. The molecule has 0 heterocycles. The number of halogens is 1. The van der Waals surface area contributed by atoms with Crippen LogP contribution < -0.4 is 20.1 Å². The molecule has 2 rings (SSSR count). The summed E-state index contributed by atoms with van der Waals surface area (Å²) in [6, 6.07) is 7.83. The number of aliphatic imine (C=N–C) groups is 1. The van der Waals surface area contributed by atoms with Crippen molar-refractivity contribution in [2.45, 2.75) is 59.1 Å². The van der Waals surface area contributed by atoms with Gasteiger partial charge in [-0.05, 0) is 52.5 Å². The Kier molecular flexibility index (Phi) is 11.4. The van der Waals surface area contributed by atoms with Crippen LogP contribution in [0, 0.1) is 5.92 Å². The van der Waals surface area contributed by atoms with Gasteiger partial charge in [0, 0.05) is 25.2 Å². The van der Waals surface area contributed by atoms with Crippen LogP contribution in [0.3, 0.4) is 0 Å². The normalized spacial score (nSPS) is 15.1. The molecule has 172 valence electrons. The van der Waals surface area contributed by atoms with Gasteiger partial charge < -0.3 is 15.4 Å². The van der Waals surface area contributed by atoms with Gasteiger partial charge in [0.2, 0.25) is 10.0 Å². The first-order valence-corrected chi connectivity index (χ1v) is 12.1. The minimum Gasteiger partial charge on any atom is -0.488 e. The molecule has 1 aliphatic carbocycles. The SMILES string of the molecule is CCNC(=NCc1ccccc1OC(C)(C)C)NCCS(=O)(=O)NCC1CCC1.I. The van der Waals surface area contributed by atoms with Gasteiger partial charge in [0.05, 0.1) is 12.3 Å². The van der Waals surface area contributed by atoms with Crippen molar-refractivity contribution < 1.29 is 13.2 Å². The second-order valence-corrected chi connectivity index (χ2v) is 10.3. The summed E-state index contributed by atoms with van der Waals surface area (Å²) in [5.74, 6) is 1.93. The van der Waals surface area contributed by atoms with Crippen LogP contribution in [0.2, 0.25) is 0 Å². The van der Waals surface area contributed by atoms with Crippen LogP contribution in [-0.2, 0) is 16.6 Å². The van der Waals surface area contributed by atoms with Crippen LogP contribution in [0.15, 0.2) is 29.3 Å². The summed E-state index contributed by atoms with van der Waals surface area (Å²) >= 11 is 0. The fourth-order valence-electron chi connectivity index (χ4n) is 2.89. The quantitative estimate of drug-likeness (QED) is 0.236. The lowest BCUT2D eigenvalue weighted by molar-refractivity contribution is 0.129. The van der Waals surface area contributed by atoms with Crippen molar-refractivity contribution in [2.24, 2.45) is 10.9 Å². The van der Waals surface area contributed by atoms with Gasteiger partial charge in [-0.25, -0.2) is 18.1 Å². The van der Waals surface area contributed by atoms with Crippen LogP contribution in [0.5, 0.6) is 5.75 Å². The van der Waals surface area contributed by atoms with Crippen molar-refractivity contribution in [3.8, 4) is 5.75 Å². The molecule has 1 aromatic rings. The zero-order chi connectivity index (χ0) is 21.3. The van der Waals surface area contributed by atoms with Gasteiger partial charge in [0.25, 0.3) is 0 Å². The second-order valence-electron chi connectivity index (χ2n) is 8.41. The van der Waals surface area contributed by atoms with Crippen molar-refractivity contribution in [1.82, 2.24) is 15.4 Å². The van der Waals surface area contributed by atoms with E-state index in [0.29, 0.717) is 38.1 Å². The van der Waals surface area contributed by atoms with Crippen molar-refractivity contribution in [3.05, 3.63) is 29.8 Å². The summed E-state index contributed by atoms with van der Waals surface area (Å²) < 4.78 is 33.0. The first-order valence-electron chi connectivity index (χ1n) is 10.4. The highest BCUT2D eigenvalue weighted by atomic mass is 127. The molecule has 1 aromatic carbocycles. The van der Waals surface area contributed by atoms with Crippen LogP contribution in [0.4, 0.5) is 0 Å². The number of rotatable bonds is 10. The first kappa shape index (κ1) is 27.0. The van der Waals surface area contributed by atoms with Gasteiger partial charge in [-0.3, -0.25) is 0 Å². The van der Waals surface area contributed by atoms with E-state index >= 15 is 0 Å². The molecule has 7 nitrogen and oxygen atoms in total. The van der Waals surface area contributed by atoms with Crippen molar-refractivity contribution in [1.29, 1.82) is 0 Å². The number of para-hydroxylation sites is 1. The highest BCUT2D eigenvalue weighted by molar-refractivity contribution is 14.0. The Morgan fingerprint density at radius 1 is 1.20 bits per heavy atom. The summed E-state index contributed by atoms with van der Waals surface area (Å²) in [4.78, 5) is 4.59. The van der Waals surface area contributed by atoms with E-state index in [2.05, 4.69) is 20.3 Å². The summed E-state index contributed by atoms with van der Waals surface area (Å²) in [7, 11) is -3.27. The Bertz CT molecular complexity index is 775. The highest BCUT2D eigenvalue weighted by Gasteiger charge is 2.20. The summed E-state index contributed by atoms with van der Waals surface area (Å²) in [5.41, 5.74) is 0.693. The monoisotopic (exact) mass is 552 g/mol. The molecular weight excluding hydrogens is 515 g/mol. The van der Waals surface area contributed by atoms with Gasteiger partial charge in [0.15, 0.2) is 5.96 Å². The molecule has 0 unspecified atom stereocenters. The third-order valence-corrected chi connectivity index (χ3v) is 5.97. The van der Waals surface area contributed by atoms with E-state index in [1.165, 1.54) is 6.42 Å². The second kappa shape index (κ2) is 12.7. The summed E-state index contributed by atoms with van der Waals surface area (Å²) in [6.07, 6.45) is 3.46. The predicted octanol–water partition coefficient (Wildman–Crippen LogP) is 3.26. The number of guanidine groups is 1. The first-order chi connectivity index (χ1) is 13.7. The molecular formula is C21H37IN4O3S.